The van der Waals surface area contributed by atoms with E-state index in [1.54, 1.807) is 18.5 Å². The van der Waals surface area contributed by atoms with Gasteiger partial charge in [0.1, 0.15) is 5.82 Å². The lowest BCUT2D eigenvalue weighted by molar-refractivity contribution is 0.578. The van der Waals surface area contributed by atoms with Crippen LogP contribution in [0, 0.1) is 5.82 Å². The van der Waals surface area contributed by atoms with Gasteiger partial charge in [-0.1, -0.05) is 43.8 Å². The van der Waals surface area contributed by atoms with Gasteiger partial charge in [-0.25, -0.2) is 17.5 Å². The summed E-state index contributed by atoms with van der Waals surface area (Å²) in [5, 5.41) is 0. The van der Waals surface area contributed by atoms with Crippen LogP contribution in [0.5, 0.6) is 0 Å². The fourth-order valence-corrected chi connectivity index (χ4v) is 6.43. The average molecular weight is 457 g/mol. The number of rotatable bonds is 6. The van der Waals surface area contributed by atoms with Crippen LogP contribution < -0.4 is 4.72 Å². The van der Waals surface area contributed by atoms with Gasteiger partial charge < -0.3 is 0 Å². The maximum Gasteiger partial charge on any atom is 0.240 e. The minimum absolute atomic E-state index is 0.0586. The monoisotopic (exact) mass is 456 g/mol. The number of aromatic nitrogens is 1. The Kier molecular flexibility index (Phi) is 6.46. The van der Waals surface area contributed by atoms with E-state index >= 15 is 0 Å². The number of nitrogens with one attached hydrogen (secondary N) is 1. The first-order chi connectivity index (χ1) is 14.8. The zero-order chi connectivity index (χ0) is 22.0. The van der Waals surface area contributed by atoms with E-state index in [-0.39, 0.29) is 11.7 Å². The Bertz CT molecular complexity index is 1200. The number of fused-ring (bicyclic) bond motifs is 2. The molecule has 0 amide bonds. The molecule has 0 unspecified atom stereocenters. The molecule has 7 heteroatoms. The van der Waals surface area contributed by atoms with E-state index < -0.39 is 10.0 Å². The maximum atomic E-state index is 13.8. The van der Waals surface area contributed by atoms with E-state index in [1.807, 2.05) is 38.1 Å². The maximum absolute atomic E-state index is 13.8. The predicted octanol–water partition coefficient (Wildman–Crippen LogP) is 5.11. The molecule has 2 heterocycles. The zero-order valence-corrected chi connectivity index (χ0v) is 19.2. The van der Waals surface area contributed by atoms with Gasteiger partial charge in [0.2, 0.25) is 10.0 Å². The highest BCUT2D eigenvalue weighted by Crippen LogP contribution is 2.40. The van der Waals surface area contributed by atoms with Crippen molar-refractivity contribution < 1.29 is 12.8 Å². The molecule has 0 bridgehead atoms. The Hall–Kier alpha value is -2.22. The summed E-state index contributed by atoms with van der Waals surface area (Å²) in [6, 6.07) is 12.4. The first-order valence-electron chi connectivity index (χ1n) is 10.3. The SMILES string of the molecule is CC(C)c1cc2c(cc1S(=O)(=O)NCCc1cccnc1)Sc1cc(F)ccc1CC2. The molecule has 0 radical (unpaired) electrons. The fraction of sp³-hybridized carbons (Fsp3) is 0.292. The Labute approximate surface area is 187 Å². The van der Waals surface area contributed by atoms with Crippen LogP contribution in [-0.4, -0.2) is 19.9 Å². The molecule has 1 aromatic heterocycles. The summed E-state index contributed by atoms with van der Waals surface area (Å²) in [7, 11) is -3.69. The third-order valence-electron chi connectivity index (χ3n) is 5.45. The van der Waals surface area contributed by atoms with E-state index in [0.29, 0.717) is 17.9 Å². The largest absolute Gasteiger partial charge is 0.264 e. The molecule has 4 nitrogen and oxygen atoms in total. The number of sulfonamides is 1. The number of halogens is 1. The first-order valence-corrected chi connectivity index (χ1v) is 12.6. The van der Waals surface area contributed by atoms with Gasteiger partial charge in [0, 0.05) is 28.7 Å². The number of nitrogens with zero attached hydrogens (tertiary/aromatic N) is 1. The Balaban J connectivity index is 1.65. The van der Waals surface area contributed by atoms with Crippen LogP contribution in [0.4, 0.5) is 4.39 Å². The minimum atomic E-state index is -3.69. The minimum Gasteiger partial charge on any atom is -0.264 e. The van der Waals surface area contributed by atoms with Crippen molar-refractivity contribution in [3.05, 3.63) is 82.9 Å². The summed E-state index contributed by atoms with van der Waals surface area (Å²) in [6.07, 6.45) is 5.61. The van der Waals surface area contributed by atoms with Gasteiger partial charge in [0.15, 0.2) is 0 Å². The summed E-state index contributed by atoms with van der Waals surface area (Å²) in [5.41, 5.74) is 3.99. The highest BCUT2D eigenvalue weighted by molar-refractivity contribution is 7.99. The normalized spacial score (nSPS) is 13.5. The Morgan fingerprint density at radius 3 is 2.61 bits per heavy atom. The predicted molar refractivity (Wildman–Crippen MR) is 122 cm³/mol. The Morgan fingerprint density at radius 2 is 1.87 bits per heavy atom. The van der Waals surface area contributed by atoms with Crippen LogP contribution in [0.25, 0.3) is 0 Å². The van der Waals surface area contributed by atoms with Gasteiger partial charge in [-0.15, -0.1) is 0 Å². The molecular weight excluding hydrogens is 431 g/mol. The van der Waals surface area contributed by atoms with Gasteiger partial charge in [-0.3, -0.25) is 4.98 Å². The van der Waals surface area contributed by atoms with Crippen molar-refractivity contribution in [3.63, 3.8) is 0 Å². The lowest BCUT2D eigenvalue weighted by Gasteiger charge is -2.18. The molecule has 31 heavy (non-hydrogen) atoms. The van der Waals surface area contributed by atoms with Gasteiger partial charge in [-0.2, -0.15) is 0 Å². The van der Waals surface area contributed by atoms with Crippen molar-refractivity contribution in [2.24, 2.45) is 0 Å². The molecule has 0 atom stereocenters. The molecule has 3 aromatic rings. The second-order valence-electron chi connectivity index (χ2n) is 8.02. The quantitative estimate of drug-likeness (QED) is 0.560. The van der Waals surface area contributed by atoms with Crippen molar-refractivity contribution in [1.82, 2.24) is 9.71 Å². The van der Waals surface area contributed by atoms with E-state index in [0.717, 1.165) is 44.9 Å². The molecule has 0 saturated heterocycles. The molecule has 0 aliphatic carbocycles. The van der Waals surface area contributed by atoms with Crippen LogP contribution in [-0.2, 0) is 29.3 Å². The van der Waals surface area contributed by atoms with Crippen LogP contribution in [0.2, 0.25) is 0 Å². The zero-order valence-electron chi connectivity index (χ0n) is 17.6. The summed E-state index contributed by atoms with van der Waals surface area (Å²) < 4.78 is 43.0. The van der Waals surface area contributed by atoms with Crippen molar-refractivity contribution in [1.29, 1.82) is 0 Å². The second-order valence-corrected chi connectivity index (χ2v) is 10.8. The third-order valence-corrected chi connectivity index (χ3v) is 8.16. The lowest BCUT2D eigenvalue weighted by atomic mass is 9.97. The molecule has 2 aromatic carbocycles. The number of hydrogen-bond donors (Lipinski definition) is 1. The number of hydrogen-bond acceptors (Lipinski definition) is 4. The average Bonchev–Trinajstić information content (AvgIpc) is 2.91. The molecule has 1 aliphatic heterocycles. The number of benzene rings is 2. The smallest absolute Gasteiger partial charge is 0.240 e. The van der Waals surface area contributed by atoms with E-state index in [1.165, 1.54) is 23.9 Å². The van der Waals surface area contributed by atoms with Gasteiger partial charge in [0.25, 0.3) is 0 Å². The molecule has 0 spiro atoms. The second kappa shape index (κ2) is 9.10. The summed E-state index contributed by atoms with van der Waals surface area (Å²) in [6.45, 7) is 4.30. The standard InChI is InChI=1S/C24H25FN2O2S2/c1-16(2)21-12-19-6-5-18-7-8-20(25)13-22(18)30-23(19)14-24(21)31(28,29)27-11-9-17-4-3-10-26-15-17/h3-4,7-8,10,12-16,27H,5-6,9,11H2,1-2H3. The first kappa shape index (κ1) is 22.0. The van der Waals surface area contributed by atoms with Gasteiger partial charge in [-0.05, 0) is 71.7 Å². The summed E-state index contributed by atoms with van der Waals surface area (Å²) >= 11 is 1.45. The summed E-state index contributed by atoms with van der Waals surface area (Å²) in [4.78, 5) is 6.10. The molecule has 0 fully saturated rings. The van der Waals surface area contributed by atoms with E-state index in [9.17, 15) is 12.8 Å². The van der Waals surface area contributed by atoms with Crippen LogP contribution in [0.3, 0.4) is 0 Å². The topological polar surface area (TPSA) is 59.1 Å². The van der Waals surface area contributed by atoms with Crippen molar-refractivity contribution >= 4 is 21.8 Å². The van der Waals surface area contributed by atoms with Gasteiger partial charge in [0.05, 0.1) is 4.90 Å². The number of aryl methyl sites for hydroxylation is 2. The van der Waals surface area contributed by atoms with E-state index in [2.05, 4.69) is 9.71 Å². The van der Waals surface area contributed by atoms with Crippen molar-refractivity contribution in [2.75, 3.05) is 6.54 Å². The number of pyridine rings is 1. The molecule has 0 saturated carbocycles. The van der Waals surface area contributed by atoms with Crippen LogP contribution >= 0.6 is 11.8 Å². The third kappa shape index (κ3) is 5.00. The fourth-order valence-electron chi connectivity index (χ4n) is 3.77. The Morgan fingerprint density at radius 1 is 1.10 bits per heavy atom. The summed E-state index contributed by atoms with van der Waals surface area (Å²) in [5.74, 6) is -0.221. The highest BCUT2D eigenvalue weighted by Gasteiger charge is 2.24. The molecule has 162 valence electrons. The van der Waals surface area contributed by atoms with E-state index in [4.69, 9.17) is 0 Å². The van der Waals surface area contributed by atoms with Crippen molar-refractivity contribution in [3.8, 4) is 0 Å². The van der Waals surface area contributed by atoms with Crippen LogP contribution in [0.1, 0.15) is 42.0 Å². The van der Waals surface area contributed by atoms with Crippen molar-refractivity contribution in [2.45, 2.75) is 53.7 Å². The lowest BCUT2D eigenvalue weighted by Crippen LogP contribution is -2.27. The molecule has 4 rings (SSSR count). The van der Waals surface area contributed by atoms with Crippen LogP contribution in [0.15, 0.2) is 69.5 Å². The molecule has 1 aliphatic rings. The van der Waals surface area contributed by atoms with Gasteiger partial charge >= 0.3 is 0 Å². The molecule has 1 N–H and O–H groups in total. The highest BCUT2D eigenvalue weighted by atomic mass is 32.2. The molecular formula is C24H25FN2O2S2.